The van der Waals surface area contributed by atoms with Gasteiger partial charge in [-0.2, -0.15) is 0 Å². The second-order valence-corrected chi connectivity index (χ2v) is 8.10. The van der Waals surface area contributed by atoms with Gasteiger partial charge in [-0.05, 0) is 67.7 Å². The quantitative estimate of drug-likeness (QED) is 0.465. The number of thiocarbonyl (C=S) groups is 1. The van der Waals surface area contributed by atoms with E-state index in [2.05, 4.69) is 86.4 Å². The fraction of sp³-hybridized carbons (Fsp3) is 0.160. The van der Waals surface area contributed by atoms with E-state index in [1.54, 1.807) is 0 Å². The van der Waals surface area contributed by atoms with E-state index >= 15 is 0 Å². The van der Waals surface area contributed by atoms with E-state index in [1.807, 2.05) is 36.7 Å². The highest BCUT2D eigenvalue weighted by Crippen LogP contribution is 2.41. The highest BCUT2D eigenvalue weighted by atomic mass is 32.1. The van der Waals surface area contributed by atoms with Gasteiger partial charge in [0.15, 0.2) is 5.11 Å². The van der Waals surface area contributed by atoms with Crippen LogP contribution in [0.3, 0.4) is 0 Å². The Morgan fingerprint density at radius 1 is 0.903 bits per heavy atom. The molecule has 0 aliphatic carbocycles. The normalized spacial score (nSPS) is 18.2. The third kappa shape index (κ3) is 3.82. The first-order valence-electron chi connectivity index (χ1n) is 10.3. The zero-order valence-electron chi connectivity index (χ0n) is 17.2. The van der Waals surface area contributed by atoms with Crippen LogP contribution in [0, 0.1) is 6.92 Å². The van der Waals surface area contributed by atoms with Crippen molar-refractivity contribution < 1.29 is 0 Å². The lowest BCUT2D eigenvalue weighted by Gasteiger charge is -2.29. The summed E-state index contributed by atoms with van der Waals surface area (Å²) in [5.41, 5.74) is 5.43. The summed E-state index contributed by atoms with van der Waals surface area (Å²) in [6, 6.07) is 24.7. The van der Waals surface area contributed by atoms with Gasteiger partial charge in [-0.1, -0.05) is 29.8 Å². The average molecular weight is 426 g/mol. The molecular formula is C25H23N5S. The Bertz CT molecular complexity index is 1170. The molecule has 1 aliphatic rings. The summed E-state index contributed by atoms with van der Waals surface area (Å²) in [6.45, 7) is 2.79. The molecule has 1 aromatic carbocycles. The van der Waals surface area contributed by atoms with Gasteiger partial charge in [-0.15, -0.1) is 0 Å². The van der Waals surface area contributed by atoms with Gasteiger partial charge in [-0.25, -0.2) is 0 Å². The van der Waals surface area contributed by atoms with Gasteiger partial charge < -0.3 is 14.8 Å². The molecule has 3 aromatic heterocycles. The zero-order valence-corrected chi connectivity index (χ0v) is 18.0. The molecule has 0 saturated carbocycles. The molecule has 4 aromatic rings. The number of hydrogen-bond donors (Lipinski definition) is 1. The predicted octanol–water partition coefficient (Wildman–Crippen LogP) is 4.81. The van der Waals surface area contributed by atoms with E-state index in [-0.39, 0.29) is 12.1 Å². The summed E-state index contributed by atoms with van der Waals surface area (Å²) in [4.78, 5) is 11.4. The lowest BCUT2D eigenvalue weighted by Crippen LogP contribution is -2.30. The number of benzene rings is 1. The Kier molecular flexibility index (Phi) is 5.22. The first kappa shape index (κ1) is 19.5. The molecule has 154 valence electrons. The Hall–Kier alpha value is -3.51. The van der Waals surface area contributed by atoms with Crippen LogP contribution in [0.4, 0.5) is 5.69 Å². The third-order valence-corrected chi connectivity index (χ3v) is 5.95. The molecule has 4 heterocycles. The maximum atomic E-state index is 5.82. The van der Waals surface area contributed by atoms with Crippen molar-refractivity contribution in [2.24, 2.45) is 0 Å². The number of anilines is 1. The van der Waals surface area contributed by atoms with Gasteiger partial charge >= 0.3 is 0 Å². The number of pyridine rings is 2. The number of aryl methyl sites for hydroxylation is 1. The average Bonchev–Trinajstić information content (AvgIpc) is 3.39. The van der Waals surface area contributed by atoms with Crippen LogP contribution in [0.1, 0.15) is 34.7 Å². The number of nitrogens with zero attached hydrogens (tertiary/aromatic N) is 4. The summed E-state index contributed by atoms with van der Waals surface area (Å²) in [5.74, 6) is 0. The Balaban J connectivity index is 1.60. The molecule has 1 aliphatic heterocycles. The summed E-state index contributed by atoms with van der Waals surface area (Å²) in [6.07, 6.45) is 5.77. The van der Waals surface area contributed by atoms with E-state index in [9.17, 15) is 0 Å². The highest BCUT2D eigenvalue weighted by molar-refractivity contribution is 7.80. The monoisotopic (exact) mass is 425 g/mol. The van der Waals surface area contributed by atoms with Gasteiger partial charge in [0, 0.05) is 30.0 Å². The topological polar surface area (TPSA) is 46.0 Å². The van der Waals surface area contributed by atoms with Gasteiger partial charge in [-0.3, -0.25) is 9.97 Å². The van der Waals surface area contributed by atoms with Crippen molar-refractivity contribution in [3.05, 3.63) is 114 Å². The molecule has 0 bridgehead atoms. The first-order valence-corrected chi connectivity index (χ1v) is 10.7. The molecule has 1 fully saturated rings. The van der Waals surface area contributed by atoms with E-state index in [1.165, 1.54) is 5.56 Å². The predicted molar refractivity (Wildman–Crippen MR) is 127 cm³/mol. The fourth-order valence-electron chi connectivity index (χ4n) is 4.14. The van der Waals surface area contributed by atoms with Crippen molar-refractivity contribution in [1.29, 1.82) is 0 Å². The van der Waals surface area contributed by atoms with Crippen LogP contribution in [-0.4, -0.2) is 19.6 Å². The minimum Gasteiger partial charge on any atom is -0.351 e. The standard InChI is InChI=1S/C25H23N5S/c1-18-10-12-20(13-11-18)30-24(23(28-25(30)31)21-8-3-5-15-27-21)22-9-6-16-29(22)17-19-7-2-4-14-26-19/h2-16,23-24H,17H2,1H3,(H,28,31)/t23-,24+/m0/s1. The lowest BCUT2D eigenvalue weighted by molar-refractivity contribution is 0.532. The van der Waals surface area contributed by atoms with Crippen molar-refractivity contribution in [2.45, 2.75) is 25.6 Å². The van der Waals surface area contributed by atoms with Crippen molar-refractivity contribution in [1.82, 2.24) is 19.9 Å². The number of nitrogens with one attached hydrogen (secondary N) is 1. The van der Waals surface area contributed by atoms with Crippen LogP contribution in [-0.2, 0) is 6.54 Å². The Labute approximate surface area is 187 Å². The molecule has 5 rings (SSSR count). The molecule has 1 saturated heterocycles. The van der Waals surface area contributed by atoms with Crippen molar-refractivity contribution in [2.75, 3.05) is 4.90 Å². The van der Waals surface area contributed by atoms with Gasteiger partial charge in [0.05, 0.1) is 24.0 Å². The number of rotatable bonds is 5. The van der Waals surface area contributed by atoms with Crippen LogP contribution in [0.25, 0.3) is 0 Å². The van der Waals surface area contributed by atoms with Gasteiger partial charge in [0.1, 0.15) is 6.04 Å². The molecule has 5 nitrogen and oxygen atoms in total. The van der Waals surface area contributed by atoms with Crippen molar-refractivity contribution in [3.63, 3.8) is 0 Å². The minimum absolute atomic E-state index is 0.0381. The molecule has 1 N–H and O–H groups in total. The smallest absolute Gasteiger partial charge is 0.174 e. The molecule has 0 unspecified atom stereocenters. The molecule has 31 heavy (non-hydrogen) atoms. The van der Waals surface area contributed by atoms with E-state index in [0.29, 0.717) is 11.7 Å². The van der Waals surface area contributed by atoms with Crippen LogP contribution in [0.5, 0.6) is 0 Å². The number of hydrogen-bond acceptors (Lipinski definition) is 3. The largest absolute Gasteiger partial charge is 0.351 e. The molecular weight excluding hydrogens is 402 g/mol. The Morgan fingerprint density at radius 3 is 2.39 bits per heavy atom. The second kappa shape index (κ2) is 8.32. The van der Waals surface area contributed by atoms with Crippen molar-refractivity contribution in [3.8, 4) is 0 Å². The van der Waals surface area contributed by atoms with E-state index in [4.69, 9.17) is 12.2 Å². The molecule has 6 heteroatoms. The summed E-state index contributed by atoms with van der Waals surface area (Å²) in [7, 11) is 0. The minimum atomic E-state index is -0.0626. The second-order valence-electron chi connectivity index (χ2n) is 7.71. The van der Waals surface area contributed by atoms with Crippen molar-refractivity contribution >= 4 is 23.0 Å². The first-order chi connectivity index (χ1) is 15.2. The summed E-state index contributed by atoms with van der Waals surface area (Å²) in [5, 5.41) is 4.23. The van der Waals surface area contributed by atoms with Crippen LogP contribution < -0.4 is 10.2 Å². The number of aromatic nitrogens is 3. The fourth-order valence-corrected chi connectivity index (χ4v) is 4.49. The summed E-state index contributed by atoms with van der Waals surface area (Å²) >= 11 is 5.82. The Morgan fingerprint density at radius 2 is 1.68 bits per heavy atom. The zero-order chi connectivity index (χ0) is 21.2. The molecule has 0 radical (unpaired) electrons. The van der Waals surface area contributed by atoms with E-state index < -0.39 is 0 Å². The maximum Gasteiger partial charge on any atom is 0.174 e. The molecule has 2 atom stereocenters. The van der Waals surface area contributed by atoms with Crippen LogP contribution in [0.15, 0.2) is 91.4 Å². The highest BCUT2D eigenvalue weighted by Gasteiger charge is 2.41. The molecule has 0 amide bonds. The SMILES string of the molecule is Cc1ccc(N2C(=S)N[C@@H](c3ccccn3)[C@H]2c2cccn2Cc2ccccn2)cc1. The third-order valence-electron chi connectivity index (χ3n) is 5.64. The van der Waals surface area contributed by atoms with Gasteiger partial charge in [0.25, 0.3) is 0 Å². The molecule has 0 spiro atoms. The van der Waals surface area contributed by atoms with E-state index in [0.717, 1.165) is 22.8 Å². The maximum absolute atomic E-state index is 5.82. The van der Waals surface area contributed by atoms with Gasteiger partial charge in [0.2, 0.25) is 0 Å². The van der Waals surface area contributed by atoms with Crippen LogP contribution in [0.2, 0.25) is 0 Å². The van der Waals surface area contributed by atoms with Crippen LogP contribution >= 0.6 is 12.2 Å². The summed E-state index contributed by atoms with van der Waals surface area (Å²) < 4.78 is 2.25. The lowest BCUT2D eigenvalue weighted by atomic mass is 10.0.